The molecule has 5 nitrogen and oxygen atoms in total. The number of benzene rings is 2. The SMILES string of the molecule is C#CCOc1cc(C=NN=C(N)SCc2ccccc2)ccc1OC. The van der Waals surface area contributed by atoms with Gasteiger partial charge in [0.25, 0.3) is 0 Å². The van der Waals surface area contributed by atoms with E-state index in [1.807, 2.05) is 36.4 Å². The van der Waals surface area contributed by atoms with Gasteiger partial charge in [0.2, 0.25) is 0 Å². The smallest absolute Gasteiger partial charge is 0.180 e. The van der Waals surface area contributed by atoms with Gasteiger partial charge in [-0.25, -0.2) is 0 Å². The van der Waals surface area contributed by atoms with Crippen molar-refractivity contribution in [2.24, 2.45) is 15.9 Å². The second kappa shape index (κ2) is 10.1. The van der Waals surface area contributed by atoms with Crippen LogP contribution in [-0.4, -0.2) is 25.1 Å². The maximum atomic E-state index is 5.86. The molecule has 0 aromatic heterocycles. The van der Waals surface area contributed by atoms with E-state index in [-0.39, 0.29) is 6.61 Å². The average Bonchev–Trinajstić information content (AvgIpc) is 2.65. The fraction of sp³-hybridized carbons (Fsp3) is 0.158. The van der Waals surface area contributed by atoms with Crippen molar-refractivity contribution >= 4 is 23.1 Å². The molecule has 0 unspecified atom stereocenters. The highest BCUT2D eigenvalue weighted by Crippen LogP contribution is 2.27. The number of thioether (sulfide) groups is 1. The molecule has 0 aliphatic rings. The molecular formula is C19H19N3O2S. The summed E-state index contributed by atoms with van der Waals surface area (Å²) < 4.78 is 10.7. The third-order valence-corrected chi connectivity index (χ3v) is 3.95. The van der Waals surface area contributed by atoms with Crippen molar-refractivity contribution in [1.29, 1.82) is 0 Å². The van der Waals surface area contributed by atoms with Crippen LogP contribution < -0.4 is 15.2 Å². The van der Waals surface area contributed by atoms with Gasteiger partial charge < -0.3 is 15.2 Å². The van der Waals surface area contributed by atoms with Gasteiger partial charge in [-0.15, -0.1) is 11.5 Å². The Morgan fingerprint density at radius 2 is 2.04 bits per heavy atom. The lowest BCUT2D eigenvalue weighted by Gasteiger charge is -2.08. The van der Waals surface area contributed by atoms with Crippen LogP contribution in [0.25, 0.3) is 0 Å². The fourth-order valence-corrected chi connectivity index (χ4v) is 2.53. The van der Waals surface area contributed by atoms with Crippen LogP contribution in [0.3, 0.4) is 0 Å². The summed E-state index contributed by atoms with van der Waals surface area (Å²) in [5, 5.41) is 8.40. The van der Waals surface area contributed by atoms with E-state index in [4.69, 9.17) is 21.6 Å². The van der Waals surface area contributed by atoms with Crippen LogP contribution in [0, 0.1) is 12.3 Å². The second-order valence-electron chi connectivity index (χ2n) is 4.86. The molecule has 2 aromatic rings. The Hall–Kier alpha value is -2.91. The van der Waals surface area contributed by atoms with Crippen molar-refractivity contribution in [3.63, 3.8) is 0 Å². The molecule has 0 fully saturated rings. The summed E-state index contributed by atoms with van der Waals surface area (Å²) in [7, 11) is 1.57. The molecular weight excluding hydrogens is 334 g/mol. The van der Waals surface area contributed by atoms with Crippen LogP contribution in [-0.2, 0) is 5.75 Å². The number of rotatable bonds is 7. The first-order valence-corrected chi connectivity index (χ1v) is 8.49. The Bertz CT molecular complexity index is 783. The Balaban J connectivity index is 1.97. The van der Waals surface area contributed by atoms with Crippen molar-refractivity contribution in [3.8, 4) is 23.8 Å². The summed E-state index contributed by atoms with van der Waals surface area (Å²) in [4.78, 5) is 0. The summed E-state index contributed by atoms with van der Waals surface area (Å²) in [5.41, 5.74) is 7.84. The molecule has 0 spiro atoms. The van der Waals surface area contributed by atoms with Crippen LogP contribution in [0.1, 0.15) is 11.1 Å². The zero-order valence-electron chi connectivity index (χ0n) is 13.9. The summed E-state index contributed by atoms with van der Waals surface area (Å²) in [6.45, 7) is 0.165. The molecule has 2 rings (SSSR count). The minimum atomic E-state index is 0.165. The Labute approximate surface area is 151 Å². The summed E-state index contributed by atoms with van der Waals surface area (Å²) in [6.07, 6.45) is 6.81. The molecule has 0 bridgehead atoms. The van der Waals surface area contributed by atoms with Crippen LogP contribution in [0.15, 0.2) is 58.7 Å². The molecule has 0 aliphatic carbocycles. The van der Waals surface area contributed by atoms with Gasteiger partial charge in [-0.3, -0.25) is 0 Å². The van der Waals surface area contributed by atoms with Crippen molar-refractivity contribution in [2.45, 2.75) is 5.75 Å². The summed E-state index contributed by atoms with van der Waals surface area (Å²) in [6, 6.07) is 15.4. The molecule has 0 aliphatic heterocycles. The highest BCUT2D eigenvalue weighted by atomic mass is 32.2. The minimum Gasteiger partial charge on any atom is -0.493 e. The van der Waals surface area contributed by atoms with Crippen LogP contribution in [0.4, 0.5) is 0 Å². The largest absolute Gasteiger partial charge is 0.493 e. The van der Waals surface area contributed by atoms with E-state index in [1.165, 1.54) is 17.3 Å². The first kappa shape index (κ1) is 18.4. The molecule has 0 amide bonds. The number of amidine groups is 1. The van der Waals surface area contributed by atoms with E-state index in [0.717, 1.165) is 11.3 Å². The van der Waals surface area contributed by atoms with Gasteiger partial charge in [0, 0.05) is 5.75 Å². The van der Waals surface area contributed by atoms with Crippen molar-refractivity contribution in [2.75, 3.05) is 13.7 Å². The van der Waals surface area contributed by atoms with Crippen molar-refractivity contribution in [1.82, 2.24) is 0 Å². The standard InChI is InChI=1S/C19H19N3O2S/c1-3-11-24-18-12-16(9-10-17(18)23-2)13-21-22-19(20)25-14-15-7-5-4-6-8-15/h1,4-10,12-13H,11,14H2,2H3,(H2,20,22). The number of nitrogens with zero attached hydrogens (tertiary/aromatic N) is 2. The maximum Gasteiger partial charge on any atom is 0.180 e. The normalized spacial score (nSPS) is 11.3. The lowest BCUT2D eigenvalue weighted by molar-refractivity contribution is 0.331. The quantitative estimate of drug-likeness (QED) is 0.359. The van der Waals surface area contributed by atoms with Gasteiger partial charge >= 0.3 is 0 Å². The monoisotopic (exact) mass is 353 g/mol. The Morgan fingerprint density at radius 3 is 2.76 bits per heavy atom. The lowest BCUT2D eigenvalue weighted by atomic mass is 10.2. The van der Waals surface area contributed by atoms with E-state index in [2.05, 4.69) is 16.1 Å². The predicted octanol–water partition coefficient (Wildman–Crippen LogP) is 3.29. The van der Waals surface area contributed by atoms with Crippen LogP contribution in [0.5, 0.6) is 11.5 Å². The average molecular weight is 353 g/mol. The number of hydrogen-bond donors (Lipinski definition) is 1. The van der Waals surface area contributed by atoms with E-state index in [0.29, 0.717) is 16.7 Å². The minimum absolute atomic E-state index is 0.165. The molecule has 0 radical (unpaired) electrons. The highest BCUT2D eigenvalue weighted by Gasteiger charge is 2.04. The summed E-state index contributed by atoms with van der Waals surface area (Å²) >= 11 is 1.43. The van der Waals surface area contributed by atoms with Crippen LogP contribution >= 0.6 is 11.8 Å². The third kappa shape index (κ3) is 6.24. The highest BCUT2D eigenvalue weighted by molar-refractivity contribution is 8.13. The van der Waals surface area contributed by atoms with E-state index < -0.39 is 0 Å². The molecule has 25 heavy (non-hydrogen) atoms. The van der Waals surface area contributed by atoms with Crippen molar-refractivity contribution in [3.05, 3.63) is 59.7 Å². The number of hydrogen-bond acceptors (Lipinski definition) is 5. The fourth-order valence-electron chi connectivity index (χ4n) is 1.92. The number of ether oxygens (including phenoxy) is 2. The molecule has 2 N–H and O–H groups in total. The third-order valence-electron chi connectivity index (χ3n) is 3.09. The van der Waals surface area contributed by atoms with E-state index in [9.17, 15) is 0 Å². The summed E-state index contributed by atoms with van der Waals surface area (Å²) in [5.74, 6) is 4.33. The predicted molar refractivity (Wildman–Crippen MR) is 104 cm³/mol. The molecule has 128 valence electrons. The zero-order chi connectivity index (χ0) is 17.9. The Kier molecular flexibility index (Phi) is 7.41. The number of nitrogens with two attached hydrogens (primary N) is 1. The van der Waals surface area contributed by atoms with Crippen molar-refractivity contribution < 1.29 is 9.47 Å². The molecule has 6 heteroatoms. The first-order chi connectivity index (χ1) is 12.2. The molecule has 0 atom stereocenters. The van der Waals surface area contributed by atoms with Gasteiger partial charge in [0.15, 0.2) is 16.7 Å². The zero-order valence-corrected chi connectivity index (χ0v) is 14.7. The topological polar surface area (TPSA) is 69.2 Å². The maximum absolute atomic E-state index is 5.86. The molecule has 0 saturated heterocycles. The Morgan fingerprint density at radius 1 is 1.24 bits per heavy atom. The molecule has 0 heterocycles. The molecule has 0 saturated carbocycles. The second-order valence-corrected chi connectivity index (χ2v) is 5.86. The lowest BCUT2D eigenvalue weighted by Crippen LogP contribution is -2.06. The van der Waals surface area contributed by atoms with Crippen LogP contribution in [0.2, 0.25) is 0 Å². The van der Waals surface area contributed by atoms with Gasteiger partial charge in [-0.05, 0) is 29.3 Å². The number of terminal acetylenes is 1. The van der Waals surface area contributed by atoms with Gasteiger partial charge in [0.05, 0.1) is 13.3 Å². The first-order valence-electron chi connectivity index (χ1n) is 7.50. The van der Waals surface area contributed by atoms with Gasteiger partial charge in [-0.1, -0.05) is 48.0 Å². The molecule has 2 aromatic carbocycles. The van der Waals surface area contributed by atoms with Gasteiger partial charge in [-0.2, -0.15) is 5.10 Å². The van der Waals surface area contributed by atoms with E-state index in [1.54, 1.807) is 25.5 Å². The van der Waals surface area contributed by atoms with Gasteiger partial charge in [0.1, 0.15) is 6.61 Å². The number of methoxy groups -OCH3 is 1. The van der Waals surface area contributed by atoms with E-state index >= 15 is 0 Å².